The van der Waals surface area contributed by atoms with Gasteiger partial charge in [-0.05, 0) is 213 Å². The van der Waals surface area contributed by atoms with Crippen LogP contribution in [0.25, 0.3) is 0 Å². The van der Waals surface area contributed by atoms with E-state index >= 15 is 0 Å². The molecule has 69 heavy (non-hydrogen) atoms. The van der Waals surface area contributed by atoms with Gasteiger partial charge >= 0.3 is 12.4 Å². The van der Waals surface area contributed by atoms with Crippen molar-refractivity contribution >= 4 is 34.8 Å². The van der Waals surface area contributed by atoms with Crippen molar-refractivity contribution in [1.29, 1.82) is 0 Å². The topological polar surface area (TPSA) is 92.3 Å². The van der Waals surface area contributed by atoms with Gasteiger partial charge in [-0.25, -0.2) is 0 Å². The number of carbonyl (C=O) groups is 4. The van der Waals surface area contributed by atoms with Crippen LogP contribution >= 0.6 is 0 Å². The van der Waals surface area contributed by atoms with E-state index in [2.05, 4.69) is 51.8 Å². The second-order valence-corrected chi connectivity index (χ2v) is 23.3. The first kappa shape index (κ1) is 49.5. The predicted octanol–water partition coefficient (Wildman–Crippen LogP) is 14.4. The minimum atomic E-state index is -4.39. The van der Waals surface area contributed by atoms with Crippen molar-refractivity contribution in [2.45, 2.75) is 143 Å². The number of ketones is 2. The monoisotopic (exact) mass is 959 g/mol. The largest absolute Gasteiger partial charge is 0.416 e. The number of anilines is 2. The third-order valence-corrected chi connectivity index (χ3v) is 20.1. The highest BCUT2D eigenvalue weighted by Crippen LogP contribution is 2.69. The Hall–Kier alpha value is -4.48. The van der Waals surface area contributed by atoms with Crippen molar-refractivity contribution in [2.75, 3.05) is 10.6 Å². The maximum atomic E-state index is 13.4. The van der Waals surface area contributed by atoms with E-state index in [0.717, 1.165) is 119 Å². The average molecular weight is 959 g/mol. The van der Waals surface area contributed by atoms with Gasteiger partial charge in [-0.3, -0.25) is 19.2 Å². The molecule has 0 aromatic heterocycles. The number of hydrogen-bond donors (Lipinski definition) is 2. The Kier molecular flexibility index (Phi) is 12.7. The number of fused-ring (bicyclic) bond motifs is 10. The molecule has 12 heteroatoms. The lowest BCUT2D eigenvalue weighted by atomic mass is 9.45. The van der Waals surface area contributed by atoms with Crippen molar-refractivity contribution < 1.29 is 45.5 Å². The Morgan fingerprint density at radius 2 is 1.06 bits per heavy atom. The highest BCUT2D eigenvalue weighted by molar-refractivity contribution is 5.95. The summed E-state index contributed by atoms with van der Waals surface area (Å²) in [6.45, 7) is 15.8. The summed E-state index contributed by atoms with van der Waals surface area (Å²) in [6.07, 6.45) is 8.74. The van der Waals surface area contributed by atoms with Crippen LogP contribution < -0.4 is 10.6 Å². The normalized spacial score (nSPS) is 38.1. The minimum Gasteiger partial charge on any atom is -0.326 e. The van der Waals surface area contributed by atoms with E-state index < -0.39 is 23.5 Å². The summed E-state index contributed by atoms with van der Waals surface area (Å²) < 4.78 is 77.3. The lowest BCUT2D eigenvalue weighted by molar-refractivity contribution is -0.138. The molecule has 2 amide bonds. The summed E-state index contributed by atoms with van der Waals surface area (Å²) in [7, 11) is 0. The maximum absolute atomic E-state index is 13.4. The second-order valence-electron chi connectivity index (χ2n) is 23.3. The molecule has 0 bridgehead atoms. The van der Waals surface area contributed by atoms with Crippen LogP contribution in [0.1, 0.15) is 142 Å². The first-order valence-corrected chi connectivity index (χ1v) is 25.5. The molecule has 6 nitrogen and oxygen atoms in total. The average Bonchev–Trinajstić information content (AvgIpc) is 3.84. The van der Waals surface area contributed by atoms with E-state index in [1.54, 1.807) is 0 Å². The van der Waals surface area contributed by atoms with E-state index in [1.165, 1.54) is 29.8 Å². The van der Waals surface area contributed by atoms with Crippen LogP contribution in [-0.2, 0) is 31.5 Å². The number of benzene rings is 2. The van der Waals surface area contributed by atoms with Crippen molar-refractivity contribution in [2.24, 2.45) is 74.9 Å². The predicted molar refractivity (Wildman–Crippen MR) is 254 cm³/mol. The molecule has 372 valence electrons. The first-order valence-electron chi connectivity index (χ1n) is 25.5. The number of nitrogens with one attached hydrogen (secondary N) is 2. The molecule has 0 heterocycles. The SMILES string of the molecule is C=C1CC2C(CC[C@@]3(C)C2CC[C@@H]3C(=O)Nc2ccc(C(F)(F)F)cc2)[C@@]2(C)CCC(=O)C=C12.CCC1CC2C(CC[C@@]3(C)C2CC[C@@H]3C(=O)Nc2ccc(C(F)(F)F)cc2)[C@@]2(C)CCC(=O)C=C12. The molecule has 0 saturated heterocycles. The molecule has 6 saturated carbocycles. The standard InChI is InChI=1S/C29H36F3NO2.C28H32F3NO2/c1-4-17-15-21-22-9-10-24(26(35)33-19-7-5-18(6-8-19)29(30,31)32)27(22,2)14-12-23(21)28(3)13-11-20(34)16-25(17)28;1-16-14-20-21-8-9-23(25(34)32-18-6-4-17(5-7-18)28(29,30)31)26(21,2)13-11-22(20)27(3)12-10-19(33)15-24(16)27/h5-8,16-17,21-24H,4,9-15H2,1-3H3,(H,33,35);4-7,15,20-23H,1,8-14H2,2-3H3,(H,32,34)/t17?,21?,22?,23?,24-,27+,28-;20?,21?,22?,23-,26+,27-/m11/s1. The highest BCUT2D eigenvalue weighted by atomic mass is 19.4. The fraction of sp³-hybridized carbons (Fsp3) is 0.614. The fourth-order valence-corrected chi connectivity index (χ4v) is 16.5. The van der Waals surface area contributed by atoms with Crippen LogP contribution in [0, 0.1) is 74.9 Å². The Bertz CT molecular complexity index is 2460. The third-order valence-electron chi connectivity index (χ3n) is 20.1. The summed E-state index contributed by atoms with van der Waals surface area (Å²) in [6, 6.07) is 9.41. The number of allylic oxidation sites excluding steroid dienone is 3. The Morgan fingerprint density at radius 1 is 0.609 bits per heavy atom. The van der Waals surface area contributed by atoms with E-state index in [-0.39, 0.29) is 56.9 Å². The second kappa shape index (κ2) is 17.7. The smallest absolute Gasteiger partial charge is 0.326 e. The Labute approximate surface area is 403 Å². The van der Waals surface area contributed by atoms with Gasteiger partial charge in [-0.2, -0.15) is 26.3 Å². The number of carbonyl (C=O) groups excluding carboxylic acids is 4. The van der Waals surface area contributed by atoms with E-state index in [1.807, 2.05) is 12.2 Å². The number of alkyl halides is 6. The van der Waals surface area contributed by atoms with E-state index in [9.17, 15) is 45.5 Å². The number of halogens is 6. The molecule has 10 rings (SSSR count). The van der Waals surface area contributed by atoms with Crippen LogP contribution in [0.3, 0.4) is 0 Å². The summed E-state index contributed by atoms with van der Waals surface area (Å²) >= 11 is 0. The quantitative estimate of drug-likeness (QED) is 0.292. The zero-order chi connectivity index (χ0) is 49.6. The number of rotatable bonds is 5. The van der Waals surface area contributed by atoms with Crippen molar-refractivity contribution in [3.05, 3.63) is 95.1 Å². The van der Waals surface area contributed by atoms with Gasteiger partial charge in [0.2, 0.25) is 11.8 Å². The zero-order valence-corrected chi connectivity index (χ0v) is 40.7. The Balaban J connectivity index is 0.000000172. The van der Waals surface area contributed by atoms with Crippen LogP contribution in [0.15, 0.2) is 84.0 Å². The fourth-order valence-electron chi connectivity index (χ4n) is 16.5. The van der Waals surface area contributed by atoms with Crippen molar-refractivity contribution in [3.8, 4) is 0 Å². The molecule has 2 aromatic rings. The van der Waals surface area contributed by atoms with Crippen LogP contribution in [0.4, 0.5) is 37.7 Å². The van der Waals surface area contributed by atoms with Gasteiger partial charge in [0.1, 0.15) is 0 Å². The minimum absolute atomic E-state index is 0.0180. The van der Waals surface area contributed by atoms with Gasteiger partial charge in [0.25, 0.3) is 0 Å². The molecular formula is C57H68F6N2O4. The summed E-state index contributed by atoms with van der Waals surface area (Å²) in [4.78, 5) is 51.1. The molecule has 0 aliphatic heterocycles. The summed E-state index contributed by atoms with van der Waals surface area (Å²) in [5, 5.41) is 5.81. The summed E-state index contributed by atoms with van der Waals surface area (Å²) in [5.41, 5.74) is 2.83. The van der Waals surface area contributed by atoms with Crippen LogP contribution in [-0.4, -0.2) is 23.4 Å². The molecule has 8 aliphatic carbocycles. The van der Waals surface area contributed by atoms with Gasteiger partial charge in [0.05, 0.1) is 11.1 Å². The van der Waals surface area contributed by atoms with Crippen molar-refractivity contribution in [3.63, 3.8) is 0 Å². The molecule has 0 spiro atoms. The number of hydrogen-bond acceptors (Lipinski definition) is 4. The van der Waals surface area contributed by atoms with Gasteiger partial charge in [0.15, 0.2) is 11.6 Å². The van der Waals surface area contributed by atoms with Gasteiger partial charge in [-0.1, -0.05) is 52.3 Å². The molecular weight excluding hydrogens is 891 g/mol. The number of amides is 2. The molecule has 13 atom stereocenters. The molecule has 2 aromatic carbocycles. The third kappa shape index (κ3) is 8.57. The van der Waals surface area contributed by atoms with Gasteiger partial charge < -0.3 is 10.6 Å². The maximum Gasteiger partial charge on any atom is 0.416 e. The van der Waals surface area contributed by atoms with Gasteiger partial charge in [0, 0.05) is 36.1 Å². The molecule has 2 N–H and O–H groups in total. The molecule has 6 fully saturated rings. The lowest BCUT2D eigenvalue weighted by Gasteiger charge is -2.59. The van der Waals surface area contributed by atoms with Gasteiger partial charge in [-0.15, -0.1) is 0 Å². The lowest BCUT2D eigenvalue weighted by Crippen LogP contribution is -2.53. The highest BCUT2D eigenvalue weighted by Gasteiger charge is 2.63. The molecule has 7 unspecified atom stereocenters. The Morgan fingerprint density at radius 3 is 1.54 bits per heavy atom. The molecule has 0 radical (unpaired) electrons. The van der Waals surface area contributed by atoms with E-state index in [0.29, 0.717) is 65.6 Å². The van der Waals surface area contributed by atoms with E-state index in [4.69, 9.17) is 0 Å². The molecule has 8 aliphatic rings. The van der Waals surface area contributed by atoms with Crippen LogP contribution in [0.2, 0.25) is 0 Å². The first-order chi connectivity index (χ1) is 32.4. The van der Waals surface area contributed by atoms with Crippen molar-refractivity contribution in [1.82, 2.24) is 0 Å². The van der Waals surface area contributed by atoms with Crippen LogP contribution in [0.5, 0.6) is 0 Å². The zero-order valence-electron chi connectivity index (χ0n) is 40.7. The summed E-state index contributed by atoms with van der Waals surface area (Å²) in [5.74, 6) is 3.39.